The van der Waals surface area contributed by atoms with E-state index in [9.17, 15) is 0 Å². The molecule has 0 unspecified atom stereocenters. The summed E-state index contributed by atoms with van der Waals surface area (Å²) in [4.78, 5) is 12.8. The third-order valence-electron chi connectivity index (χ3n) is 1.67. The summed E-state index contributed by atoms with van der Waals surface area (Å²) in [5.41, 5.74) is 0. The van der Waals surface area contributed by atoms with Gasteiger partial charge in [0.05, 0.1) is 0 Å². The molecule has 0 aliphatic carbocycles. The van der Waals surface area contributed by atoms with Crippen molar-refractivity contribution in [1.29, 1.82) is 0 Å². The lowest BCUT2D eigenvalue weighted by atomic mass is 10.5. The van der Waals surface area contributed by atoms with Crippen LogP contribution in [0, 0.1) is 0 Å². The number of pyridine rings is 1. The van der Waals surface area contributed by atoms with Gasteiger partial charge in [-0.2, -0.15) is 0 Å². The smallest absolute Gasteiger partial charge is 0.153 e. The first-order valence-electron chi connectivity index (χ1n) is 4.34. The van der Waals surface area contributed by atoms with Crippen LogP contribution in [0.2, 0.25) is 0 Å². The van der Waals surface area contributed by atoms with Crippen molar-refractivity contribution in [3.05, 3.63) is 41.0 Å². The third-order valence-corrected chi connectivity index (χ3v) is 3.25. The van der Waals surface area contributed by atoms with Crippen molar-refractivity contribution >= 4 is 34.0 Å². The molecule has 0 radical (unpaired) electrons. The Morgan fingerprint density at radius 3 is 2.87 bits per heavy atom. The zero-order valence-corrected chi connectivity index (χ0v) is 9.76. The first-order valence-corrected chi connectivity index (χ1v) is 6.44. The fraction of sp³-hybridized carbons (Fsp3) is 0.100. The molecule has 0 aliphatic rings. The van der Waals surface area contributed by atoms with Gasteiger partial charge in [-0.05, 0) is 18.4 Å². The molecule has 0 atom stereocenters. The molecule has 2 rings (SSSR count). The van der Waals surface area contributed by atoms with E-state index < -0.39 is 0 Å². The van der Waals surface area contributed by atoms with Crippen molar-refractivity contribution in [1.82, 2.24) is 9.97 Å². The zero-order valence-electron chi connectivity index (χ0n) is 8.12. The van der Waals surface area contributed by atoms with Crippen LogP contribution >= 0.6 is 23.1 Å². The highest BCUT2D eigenvalue weighted by atomic mass is 32.2. The van der Waals surface area contributed by atoms with Crippen molar-refractivity contribution < 1.29 is 0 Å². The fourth-order valence-electron chi connectivity index (χ4n) is 1.03. The van der Waals surface area contributed by atoms with E-state index in [1.165, 1.54) is 0 Å². The van der Waals surface area contributed by atoms with Crippen LogP contribution in [0.15, 0.2) is 41.0 Å². The van der Waals surface area contributed by atoms with E-state index in [1.807, 2.05) is 29.8 Å². The molecule has 0 fully saturated rings. The number of hydrogen-bond acceptors (Lipinski definition) is 5. The van der Waals surface area contributed by atoms with Crippen molar-refractivity contribution in [3.8, 4) is 0 Å². The maximum Gasteiger partial charge on any atom is 0.153 e. The van der Waals surface area contributed by atoms with Gasteiger partial charge in [0.15, 0.2) is 5.82 Å². The number of thioether (sulfide) groups is 1. The van der Waals surface area contributed by atoms with Crippen LogP contribution in [0.4, 0.5) is 5.82 Å². The summed E-state index contributed by atoms with van der Waals surface area (Å²) in [5.74, 6) is 0.719. The van der Waals surface area contributed by atoms with E-state index in [0.717, 1.165) is 15.9 Å². The second-order valence-corrected chi connectivity index (χ2v) is 4.34. The van der Waals surface area contributed by atoms with Crippen LogP contribution in [0.25, 0.3) is 0 Å². The lowest BCUT2D eigenvalue weighted by Crippen LogP contribution is -1.92. The average molecular weight is 235 g/mol. The van der Waals surface area contributed by atoms with E-state index in [1.54, 1.807) is 35.5 Å². The minimum Gasteiger partial charge on any atom is -0.242 e. The molecule has 5 heteroatoms. The SMILES string of the molecule is CSC(=Nc1ccccn1)c1nccs1. The molecule has 2 heterocycles. The van der Waals surface area contributed by atoms with Gasteiger partial charge < -0.3 is 0 Å². The van der Waals surface area contributed by atoms with Gasteiger partial charge in [0.25, 0.3) is 0 Å². The number of nitrogens with zero attached hydrogens (tertiary/aromatic N) is 3. The molecule has 2 aromatic heterocycles. The lowest BCUT2D eigenvalue weighted by molar-refractivity contribution is 1.27. The maximum absolute atomic E-state index is 4.44. The fourth-order valence-corrected chi connectivity index (χ4v) is 2.36. The number of thiazole rings is 1. The molecule has 3 nitrogen and oxygen atoms in total. The third kappa shape index (κ3) is 2.64. The molecule has 2 aromatic rings. The van der Waals surface area contributed by atoms with Crippen LogP contribution in [-0.4, -0.2) is 21.3 Å². The van der Waals surface area contributed by atoms with Gasteiger partial charge in [-0.15, -0.1) is 23.1 Å². The molecular formula is C10H9N3S2. The Hall–Kier alpha value is -1.20. The molecule has 0 bridgehead atoms. The van der Waals surface area contributed by atoms with Crippen molar-refractivity contribution in [2.45, 2.75) is 0 Å². The predicted octanol–water partition coefficient (Wildman–Crippen LogP) is 2.98. The molecule has 15 heavy (non-hydrogen) atoms. The van der Waals surface area contributed by atoms with Gasteiger partial charge in [0.1, 0.15) is 10.1 Å². The van der Waals surface area contributed by atoms with Gasteiger partial charge in [-0.1, -0.05) is 6.07 Å². The quantitative estimate of drug-likeness (QED) is 0.593. The summed E-state index contributed by atoms with van der Waals surface area (Å²) >= 11 is 3.16. The van der Waals surface area contributed by atoms with E-state index >= 15 is 0 Å². The summed E-state index contributed by atoms with van der Waals surface area (Å²) < 4.78 is 0. The Labute approximate surface area is 96.3 Å². The second-order valence-electron chi connectivity index (χ2n) is 2.65. The number of rotatable bonds is 2. The normalized spacial score (nSPS) is 11.7. The van der Waals surface area contributed by atoms with Crippen molar-refractivity contribution in [3.63, 3.8) is 0 Å². The van der Waals surface area contributed by atoms with E-state index in [4.69, 9.17) is 0 Å². The topological polar surface area (TPSA) is 38.1 Å². The van der Waals surface area contributed by atoms with Gasteiger partial charge in [-0.3, -0.25) is 0 Å². The monoisotopic (exact) mass is 235 g/mol. The molecule has 0 N–H and O–H groups in total. The Morgan fingerprint density at radius 1 is 1.33 bits per heavy atom. The highest BCUT2D eigenvalue weighted by Crippen LogP contribution is 2.17. The standard InChI is InChI=1S/C10H9N3S2/c1-14-10(9-12-6-7-15-9)13-8-4-2-3-5-11-8/h2-7H,1H3. The first-order chi connectivity index (χ1) is 7.40. The van der Waals surface area contributed by atoms with Crippen LogP contribution in [0.3, 0.4) is 0 Å². The van der Waals surface area contributed by atoms with Crippen LogP contribution in [-0.2, 0) is 0 Å². The molecular weight excluding hydrogens is 226 g/mol. The van der Waals surface area contributed by atoms with Gasteiger partial charge >= 0.3 is 0 Å². The average Bonchev–Trinajstić information content (AvgIpc) is 2.81. The van der Waals surface area contributed by atoms with Gasteiger partial charge in [0, 0.05) is 17.8 Å². The Kier molecular flexibility index (Phi) is 3.47. The number of aliphatic imine (C=N–C) groups is 1. The maximum atomic E-state index is 4.44. The minimum absolute atomic E-state index is 0.719. The zero-order chi connectivity index (χ0) is 10.5. The van der Waals surface area contributed by atoms with E-state index in [0.29, 0.717) is 0 Å². The minimum atomic E-state index is 0.719. The number of aromatic nitrogens is 2. The lowest BCUT2D eigenvalue weighted by Gasteiger charge is -1.97. The predicted molar refractivity (Wildman–Crippen MR) is 66.1 cm³/mol. The van der Waals surface area contributed by atoms with Gasteiger partial charge in [0.2, 0.25) is 0 Å². The number of hydrogen-bond donors (Lipinski definition) is 0. The summed E-state index contributed by atoms with van der Waals surface area (Å²) in [6.07, 6.45) is 5.51. The van der Waals surface area contributed by atoms with Gasteiger partial charge in [-0.25, -0.2) is 15.0 Å². The molecule has 0 aliphatic heterocycles. The Morgan fingerprint density at radius 2 is 2.27 bits per heavy atom. The summed E-state index contributed by atoms with van der Waals surface area (Å²) in [7, 11) is 0. The van der Waals surface area contributed by atoms with E-state index in [-0.39, 0.29) is 0 Å². The molecule has 0 saturated heterocycles. The van der Waals surface area contributed by atoms with Crippen LogP contribution in [0.1, 0.15) is 5.01 Å². The molecule has 0 saturated carbocycles. The largest absolute Gasteiger partial charge is 0.242 e. The Balaban J connectivity index is 2.32. The highest BCUT2D eigenvalue weighted by molar-refractivity contribution is 8.14. The second kappa shape index (κ2) is 5.04. The summed E-state index contributed by atoms with van der Waals surface area (Å²) in [5, 5.41) is 3.79. The summed E-state index contributed by atoms with van der Waals surface area (Å²) in [6.45, 7) is 0. The highest BCUT2D eigenvalue weighted by Gasteiger charge is 2.04. The van der Waals surface area contributed by atoms with Crippen molar-refractivity contribution in [2.24, 2.45) is 4.99 Å². The molecule has 76 valence electrons. The summed E-state index contributed by atoms with van der Waals surface area (Å²) in [6, 6.07) is 5.68. The van der Waals surface area contributed by atoms with Crippen LogP contribution in [0.5, 0.6) is 0 Å². The van der Waals surface area contributed by atoms with E-state index in [2.05, 4.69) is 15.0 Å². The molecule has 0 amide bonds. The molecule has 0 spiro atoms. The molecule has 0 aromatic carbocycles. The van der Waals surface area contributed by atoms with Crippen LogP contribution < -0.4 is 0 Å². The Bertz CT molecular complexity index is 437. The van der Waals surface area contributed by atoms with Crippen molar-refractivity contribution in [2.75, 3.05) is 6.26 Å². The first kappa shape index (κ1) is 10.3.